The van der Waals surface area contributed by atoms with Crippen LogP contribution in [0.25, 0.3) is 0 Å². The average Bonchev–Trinajstić information content (AvgIpc) is 2.36. The van der Waals surface area contributed by atoms with E-state index in [9.17, 15) is 13.2 Å². The molecule has 1 unspecified atom stereocenters. The van der Waals surface area contributed by atoms with E-state index in [4.69, 9.17) is 4.74 Å². The SMILES string of the molecule is CCCC(COC)NCc1cccc(C(F)(F)F)c1. The summed E-state index contributed by atoms with van der Waals surface area (Å²) < 4.78 is 42.8. The lowest BCUT2D eigenvalue weighted by Gasteiger charge is -2.17. The van der Waals surface area contributed by atoms with Crippen molar-refractivity contribution in [1.29, 1.82) is 0 Å². The molecular weight excluding hydrogens is 255 g/mol. The largest absolute Gasteiger partial charge is 0.416 e. The minimum absolute atomic E-state index is 0.171. The molecule has 0 saturated heterocycles. The molecule has 0 aliphatic rings. The Labute approximate surface area is 112 Å². The first-order valence-electron chi connectivity index (χ1n) is 6.35. The molecule has 0 amide bonds. The van der Waals surface area contributed by atoms with Gasteiger partial charge in [0.1, 0.15) is 0 Å². The normalized spacial score (nSPS) is 13.5. The van der Waals surface area contributed by atoms with Crippen LogP contribution < -0.4 is 5.32 Å². The van der Waals surface area contributed by atoms with Crippen LogP contribution in [0.5, 0.6) is 0 Å². The molecule has 0 heterocycles. The van der Waals surface area contributed by atoms with Crippen molar-refractivity contribution in [3.63, 3.8) is 0 Å². The molecule has 108 valence electrons. The fraction of sp³-hybridized carbons (Fsp3) is 0.571. The first-order chi connectivity index (χ1) is 8.97. The van der Waals surface area contributed by atoms with Crippen molar-refractivity contribution in [2.45, 2.75) is 38.5 Å². The van der Waals surface area contributed by atoms with E-state index < -0.39 is 11.7 Å². The molecule has 0 radical (unpaired) electrons. The van der Waals surface area contributed by atoms with Gasteiger partial charge in [-0.1, -0.05) is 31.5 Å². The molecule has 0 spiro atoms. The quantitative estimate of drug-likeness (QED) is 0.820. The zero-order valence-electron chi connectivity index (χ0n) is 11.3. The summed E-state index contributed by atoms with van der Waals surface area (Å²) in [4.78, 5) is 0. The summed E-state index contributed by atoms with van der Waals surface area (Å²) in [5.74, 6) is 0. The summed E-state index contributed by atoms with van der Waals surface area (Å²) in [7, 11) is 1.62. The Kier molecular flexibility index (Phi) is 6.31. The van der Waals surface area contributed by atoms with Crippen LogP contribution in [0.1, 0.15) is 30.9 Å². The lowest BCUT2D eigenvalue weighted by atomic mass is 10.1. The van der Waals surface area contributed by atoms with E-state index in [0.29, 0.717) is 18.7 Å². The fourth-order valence-electron chi connectivity index (χ4n) is 1.91. The summed E-state index contributed by atoms with van der Waals surface area (Å²) in [5.41, 5.74) is 0.0256. The maximum Gasteiger partial charge on any atom is 0.416 e. The zero-order chi connectivity index (χ0) is 14.3. The summed E-state index contributed by atoms with van der Waals surface area (Å²) in [6, 6.07) is 5.57. The van der Waals surface area contributed by atoms with E-state index in [2.05, 4.69) is 12.2 Å². The summed E-state index contributed by atoms with van der Waals surface area (Å²) in [6.45, 7) is 3.04. The highest BCUT2D eigenvalue weighted by atomic mass is 19.4. The number of benzene rings is 1. The highest BCUT2D eigenvalue weighted by Gasteiger charge is 2.30. The van der Waals surface area contributed by atoms with Crippen LogP contribution in [0, 0.1) is 0 Å². The molecule has 0 aliphatic heterocycles. The van der Waals surface area contributed by atoms with Gasteiger partial charge in [-0.25, -0.2) is 0 Å². The second-order valence-corrected chi connectivity index (χ2v) is 4.52. The Balaban J connectivity index is 2.61. The molecule has 1 N–H and O–H groups in total. The van der Waals surface area contributed by atoms with E-state index >= 15 is 0 Å². The van der Waals surface area contributed by atoms with Gasteiger partial charge in [-0.15, -0.1) is 0 Å². The van der Waals surface area contributed by atoms with E-state index in [1.165, 1.54) is 12.1 Å². The van der Waals surface area contributed by atoms with Gasteiger partial charge in [-0.2, -0.15) is 13.2 Å². The molecule has 5 heteroatoms. The van der Waals surface area contributed by atoms with Gasteiger partial charge >= 0.3 is 6.18 Å². The van der Waals surface area contributed by atoms with E-state index in [1.54, 1.807) is 13.2 Å². The number of hydrogen-bond acceptors (Lipinski definition) is 2. The molecular formula is C14H20F3NO. The van der Waals surface area contributed by atoms with Crippen LogP contribution in [0.2, 0.25) is 0 Å². The van der Waals surface area contributed by atoms with Crippen LogP contribution in [-0.2, 0) is 17.5 Å². The lowest BCUT2D eigenvalue weighted by Crippen LogP contribution is -2.32. The predicted octanol–water partition coefficient (Wildman–Crippen LogP) is 3.61. The van der Waals surface area contributed by atoms with Crippen LogP contribution in [0.3, 0.4) is 0 Å². The van der Waals surface area contributed by atoms with Gasteiger partial charge in [0, 0.05) is 19.7 Å². The van der Waals surface area contributed by atoms with Gasteiger partial charge in [0.25, 0.3) is 0 Å². The average molecular weight is 275 g/mol. The van der Waals surface area contributed by atoms with Crippen molar-refractivity contribution in [3.05, 3.63) is 35.4 Å². The van der Waals surface area contributed by atoms with Gasteiger partial charge in [0.2, 0.25) is 0 Å². The van der Waals surface area contributed by atoms with Crippen molar-refractivity contribution in [2.75, 3.05) is 13.7 Å². The van der Waals surface area contributed by atoms with Crippen molar-refractivity contribution >= 4 is 0 Å². The number of methoxy groups -OCH3 is 1. The number of rotatable bonds is 7. The van der Waals surface area contributed by atoms with Crippen LogP contribution >= 0.6 is 0 Å². The Morgan fingerprint density at radius 3 is 2.63 bits per heavy atom. The fourth-order valence-corrected chi connectivity index (χ4v) is 1.91. The Morgan fingerprint density at radius 2 is 2.05 bits per heavy atom. The van der Waals surface area contributed by atoms with Gasteiger partial charge in [-0.05, 0) is 18.1 Å². The minimum atomic E-state index is -4.29. The third kappa shape index (κ3) is 5.61. The first kappa shape index (κ1) is 16.0. The number of nitrogens with one attached hydrogen (secondary N) is 1. The Hall–Kier alpha value is -1.07. The number of halogens is 3. The molecule has 2 nitrogen and oxygen atoms in total. The van der Waals surface area contributed by atoms with Crippen molar-refractivity contribution in [2.24, 2.45) is 0 Å². The summed E-state index contributed by atoms with van der Waals surface area (Å²) in [6.07, 6.45) is -2.35. The van der Waals surface area contributed by atoms with Crippen molar-refractivity contribution in [1.82, 2.24) is 5.32 Å². The summed E-state index contributed by atoms with van der Waals surface area (Å²) >= 11 is 0. The maximum atomic E-state index is 12.6. The highest BCUT2D eigenvalue weighted by molar-refractivity contribution is 5.25. The first-order valence-corrected chi connectivity index (χ1v) is 6.35. The molecule has 1 atom stereocenters. The van der Waals surface area contributed by atoms with Gasteiger partial charge < -0.3 is 10.1 Å². The number of hydrogen-bond donors (Lipinski definition) is 1. The van der Waals surface area contributed by atoms with Crippen molar-refractivity contribution in [3.8, 4) is 0 Å². The minimum Gasteiger partial charge on any atom is -0.383 e. The number of alkyl halides is 3. The van der Waals surface area contributed by atoms with Crippen LogP contribution in [0.15, 0.2) is 24.3 Å². The van der Waals surface area contributed by atoms with Crippen LogP contribution in [-0.4, -0.2) is 19.8 Å². The molecule has 0 aliphatic carbocycles. The zero-order valence-corrected chi connectivity index (χ0v) is 11.3. The standard InChI is InChI=1S/C14H20F3NO/c1-3-5-13(10-19-2)18-9-11-6-4-7-12(8-11)14(15,16)17/h4,6-8,13,18H,3,5,9-10H2,1-2H3. The second kappa shape index (κ2) is 7.50. The van der Waals surface area contributed by atoms with Gasteiger partial charge in [-0.3, -0.25) is 0 Å². The summed E-state index contributed by atoms with van der Waals surface area (Å²) in [5, 5.41) is 3.22. The molecule has 1 aromatic rings. The third-order valence-electron chi connectivity index (χ3n) is 2.85. The van der Waals surface area contributed by atoms with Crippen LogP contribution in [0.4, 0.5) is 13.2 Å². The molecule has 0 aromatic heterocycles. The molecule has 0 saturated carbocycles. The number of ether oxygens (including phenoxy) is 1. The third-order valence-corrected chi connectivity index (χ3v) is 2.85. The second-order valence-electron chi connectivity index (χ2n) is 4.52. The Bertz CT molecular complexity index is 373. The lowest BCUT2D eigenvalue weighted by molar-refractivity contribution is -0.137. The van der Waals surface area contributed by atoms with Crippen molar-refractivity contribution < 1.29 is 17.9 Å². The van der Waals surface area contributed by atoms with Gasteiger partial charge in [0.15, 0.2) is 0 Å². The van der Waals surface area contributed by atoms with E-state index in [-0.39, 0.29) is 6.04 Å². The maximum absolute atomic E-state index is 12.6. The molecule has 0 bridgehead atoms. The Morgan fingerprint density at radius 1 is 1.32 bits per heavy atom. The smallest absolute Gasteiger partial charge is 0.383 e. The topological polar surface area (TPSA) is 21.3 Å². The molecule has 19 heavy (non-hydrogen) atoms. The molecule has 1 aromatic carbocycles. The monoisotopic (exact) mass is 275 g/mol. The molecule has 0 fully saturated rings. The van der Waals surface area contributed by atoms with E-state index in [1.807, 2.05) is 0 Å². The molecule has 1 rings (SSSR count). The van der Waals surface area contributed by atoms with E-state index in [0.717, 1.165) is 18.9 Å². The predicted molar refractivity (Wildman–Crippen MR) is 68.9 cm³/mol. The van der Waals surface area contributed by atoms with Gasteiger partial charge in [0.05, 0.1) is 12.2 Å². The highest BCUT2D eigenvalue weighted by Crippen LogP contribution is 2.29.